The average molecular weight is 421 g/mol. The number of aromatic nitrogens is 5. The maximum atomic E-state index is 14.1. The lowest BCUT2D eigenvalue weighted by Gasteiger charge is -2.05. The first-order chi connectivity index (χ1) is 15.5. The number of hydrogen-bond donors (Lipinski definition) is 2. The van der Waals surface area contributed by atoms with Gasteiger partial charge in [0.05, 0.1) is 17.4 Å². The van der Waals surface area contributed by atoms with Crippen molar-refractivity contribution in [1.82, 2.24) is 25.0 Å². The first-order valence-electron chi connectivity index (χ1n) is 10.4. The van der Waals surface area contributed by atoms with Gasteiger partial charge in [-0.3, -0.25) is 9.78 Å². The summed E-state index contributed by atoms with van der Waals surface area (Å²) in [4.78, 5) is 3.50. The SMILES string of the molecule is Cc1cc(F)cc(-c2cccc3[nH]c(-c4n[nH]c5ccc(-c6cnn(C)c6)cc45)cc23)c1. The minimum atomic E-state index is -0.228. The summed E-state index contributed by atoms with van der Waals surface area (Å²) in [6.07, 6.45) is 3.86. The van der Waals surface area contributed by atoms with Crippen LogP contribution in [-0.2, 0) is 7.05 Å². The summed E-state index contributed by atoms with van der Waals surface area (Å²) >= 11 is 0. The predicted octanol–water partition coefficient (Wildman–Crippen LogP) is 6.23. The number of aromatic amines is 2. The number of nitrogens with one attached hydrogen (secondary N) is 2. The highest BCUT2D eigenvalue weighted by Crippen LogP contribution is 2.35. The maximum Gasteiger partial charge on any atom is 0.124 e. The molecule has 0 aliphatic heterocycles. The standard InChI is InChI=1S/C26H20FN5/c1-15-8-17(10-19(27)9-15)20-4-3-5-23-21(20)12-25(29-23)26-22-11-16(6-7-24(22)30-31-26)18-13-28-32(2)14-18/h3-14,29H,1-2H3,(H,30,31). The Morgan fingerprint density at radius 3 is 2.59 bits per heavy atom. The van der Waals surface area contributed by atoms with E-state index in [-0.39, 0.29) is 5.82 Å². The summed E-state index contributed by atoms with van der Waals surface area (Å²) in [6.45, 7) is 1.91. The Kier molecular flexibility index (Phi) is 4.01. The first-order valence-corrected chi connectivity index (χ1v) is 10.4. The van der Waals surface area contributed by atoms with Crippen LogP contribution in [0.15, 0.2) is 73.1 Å². The van der Waals surface area contributed by atoms with Crippen molar-refractivity contribution in [2.75, 3.05) is 0 Å². The van der Waals surface area contributed by atoms with Gasteiger partial charge in [0.2, 0.25) is 0 Å². The zero-order chi connectivity index (χ0) is 21.8. The molecule has 6 aromatic rings. The second-order valence-electron chi connectivity index (χ2n) is 8.20. The van der Waals surface area contributed by atoms with E-state index in [1.807, 2.05) is 56.7 Å². The number of hydrogen-bond acceptors (Lipinski definition) is 2. The highest BCUT2D eigenvalue weighted by Gasteiger charge is 2.15. The van der Waals surface area contributed by atoms with Gasteiger partial charge in [0.15, 0.2) is 0 Å². The summed E-state index contributed by atoms with van der Waals surface area (Å²) in [6, 6.07) is 19.5. The molecule has 2 N–H and O–H groups in total. The molecule has 6 rings (SSSR count). The van der Waals surface area contributed by atoms with Gasteiger partial charge >= 0.3 is 0 Å². The summed E-state index contributed by atoms with van der Waals surface area (Å²) in [5.41, 5.74) is 8.61. The van der Waals surface area contributed by atoms with E-state index in [0.717, 1.165) is 61.0 Å². The number of fused-ring (bicyclic) bond motifs is 2. The summed E-state index contributed by atoms with van der Waals surface area (Å²) in [7, 11) is 1.91. The van der Waals surface area contributed by atoms with E-state index in [1.165, 1.54) is 0 Å². The molecule has 5 nitrogen and oxygen atoms in total. The van der Waals surface area contributed by atoms with Crippen LogP contribution in [-0.4, -0.2) is 25.0 Å². The smallest absolute Gasteiger partial charge is 0.124 e. The highest BCUT2D eigenvalue weighted by molar-refractivity contribution is 6.01. The number of halogens is 1. The molecule has 0 radical (unpaired) electrons. The minimum absolute atomic E-state index is 0.228. The number of rotatable bonds is 3. The van der Waals surface area contributed by atoms with Crippen LogP contribution in [0.3, 0.4) is 0 Å². The lowest BCUT2D eigenvalue weighted by molar-refractivity contribution is 0.627. The van der Waals surface area contributed by atoms with E-state index in [0.29, 0.717) is 0 Å². The molecule has 0 saturated heterocycles. The molecule has 0 atom stereocenters. The quantitative estimate of drug-likeness (QED) is 0.356. The third-order valence-electron chi connectivity index (χ3n) is 5.87. The van der Waals surface area contributed by atoms with Crippen LogP contribution in [0, 0.1) is 12.7 Å². The fraction of sp³-hybridized carbons (Fsp3) is 0.0769. The first kappa shape index (κ1) is 18.6. The van der Waals surface area contributed by atoms with Crippen LogP contribution in [0.25, 0.3) is 55.4 Å². The Balaban J connectivity index is 1.51. The van der Waals surface area contributed by atoms with Crippen molar-refractivity contribution in [2.45, 2.75) is 6.92 Å². The largest absolute Gasteiger partial charge is 0.353 e. The van der Waals surface area contributed by atoms with Crippen molar-refractivity contribution >= 4 is 21.8 Å². The van der Waals surface area contributed by atoms with E-state index < -0.39 is 0 Å². The zero-order valence-electron chi connectivity index (χ0n) is 17.6. The molecule has 3 aromatic carbocycles. The third kappa shape index (κ3) is 3.00. The number of benzene rings is 3. The van der Waals surface area contributed by atoms with Gasteiger partial charge < -0.3 is 4.98 Å². The van der Waals surface area contributed by atoms with Gasteiger partial charge in [-0.15, -0.1) is 0 Å². The maximum absolute atomic E-state index is 14.1. The van der Waals surface area contributed by atoms with Crippen molar-refractivity contribution in [3.8, 4) is 33.6 Å². The zero-order valence-corrected chi connectivity index (χ0v) is 17.6. The lowest BCUT2D eigenvalue weighted by atomic mass is 9.99. The Morgan fingerprint density at radius 2 is 1.78 bits per heavy atom. The molecule has 3 aromatic heterocycles. The third-order valence-corrected chi connectivity index (χ3v) is 5.87. The number of H-pyrrole nitrogens is 2. The van der Waals surface area contributed by atoms with E-state index in [2.05, 4.69) is 38.5 Å². The van der Waals surface area contributed by atoms with Gasteiger partial charge in [-0.1, -0.05) is 24.3 Å². The fourth-order valence-electron chi connectivity index (χ4n) is 4.40. The monoisotopic (exact) mass is 421 g/mol. The van der Waals surface area contributed by atoms with Crippen molar-refractivity contribution < 1.29 is 4.39 Å². The van der Waals surface area contributed by atoms with Crippen LogP contribution >= 0.6 is 0 Å². The van der Waals surface area contributed by atoms with Gasteiger partial charge in [0.25, 0.3) is 0 Å². The van der Waals surface area contributed by atoms with Crippen molar-refractivity contribution in [3.63, 3.8) is 0 Å². The van der Waals surface area contributed by atoms with Gasteiger partial charge in [-0.2, -0.15) is 10.2 Å². The second-order valence-corrected chi connectivity index (χ2v) is 8.20. The van der Waals surface area contributed by atoms with Crippen LogP contribution < -0.4 is 0 Å². The molecule has 3 heterocycles. The fourth-order valence-corrected chi connectivity index (χ4v) is 4.40. The molecular weight excluding hydrogens is 401 g/mol. The van der Waals surface area contributed by atoms with Crippen molar-refractivity contribution in [1.29, 1.82) is 0 Å². The van der Waals surface area contributed by atoms with Gasteiger partial charge in [0.1, 0.15) is 11.5 Å². The molecule has 32 heavy (non-hydrogen) atoms. The van der Waals surface area contributed by atoms with Crippen LogP contribution in [0.1, 0.15) is 5.56 Å². The van der Waals surface area contributed by atoms with Crippen LogP contribution in [0.5, 0.6) is 0 Å². The summed E-state index contributed by atoms with van der Waals surface area (Å²) in [5, 5.41) is 14.1. The van der Waals surface area contributed by atoms with E-state index in [9.17, 15) is 4.39 Å². The highest BCUT2D eigenvalue weighted by atomic mass is 19.1. The normalized spacial score (nSPS) is 11.6. The average Bonchev–Trinajstić information content (AvgIpc) is 3.49. The van der Waals surface area contributed by atoms with Crippen molar-refractivity contribution in [2.24, 2.45) is 7.05 Å². The molecule has 156 valence electrons. The summed E-state index contributed by atoms with van der Waals surface area (Å²) < 4.78 is 15.9. The van der Waals surface area contributed by atoms with Gasteiger partial charge in [0, 0.05) is 35.1 Å². The van der Waals surface area contributed by atoms with Crippen LogP contribution in [0.4, 0.5) is 4.39 Å². The lowest BCUT2D eigenvalue weighted by Crippen LogP contribution is -1.84. The Bertz CT molecular complexity index is 1600. The molecule has 0 saturated carbocycles. The van der Waals surface area contributed by atoms with E-state index >= 15 is 0 Å². The summed E-state index contributed by atoms with van der Waals surface area (Å²) in [5.74, 6) is -0.228. The Labute approximate surface area is 183 Å². The Morgan fingerprint density at radius 1 is 0.875 bits per heavy atom. The van der Waals surface area contributed by atoms with E-state index in [4.69, 9.17) is 0 Å². The second kappa shape index (κ2) is 6.92. The Hall–Kier alpha value is -4.19. The molecule has 0 unspecified atom stereocenters. The van der Waals surface area contributed by atoms with Gasteiger partial charge in [-0.05, 0) is 65.6 Å². The molecule has 0 aliphatic carbocycles. The molecule has 0 bridgehead atoms. The topological polar surface area (TPSA) is 62.3 Å². The minimum Gasteiger partial charge on any atom is -0.353 e. The number of aryl methyl sites for hydroxylation is 2. The van der Waals surface area contributed by atoms with E-state index in [1.54, 1.807) is 16.8 Å². The van der Waals surface area contributed by atoms with Crippen molar-refractivity contribution in [3.05, 3.63) is 84.4 Å². The molecule has 6 heteroatoms. The molecule has 0 spiro atoms. The molecular formula is C26H20FN5. The number of nitrogens with zero attached hydrogens (tertiary/aromatic N) is 3. The molecule has 0 aliphatic rings. The molecule has 0 amide bonds. The predicted molar refractivity (Wildman–Crippen MR) is 126 cm³/mol. The molecule has 0 fully saturated rings. The van der Waals surface area contributed by atoms with Gasteiger partial charge in [-0.25, -0.2) is 4.39 Å². The van der Waals surface area contributed by atoms with Crippen LogP contribution in [0.2, 0.25) is 0 Å².